The van der Waals surface area contributed by atoms with Crippen LogP contribution in [0.4, 0.5) is 0 Å². The van der Waals surface area contributed by atoms with Gasteiger partial charge in [0.25, 0.3) is 5.91 Å². The summed E-state index contributed by atoms with van der Waals surface area (Å²) in [5.74, 6) is 0.630. The van der Waals surface area contributed by atoms with Crippen LogP contribution < -0.4 is 5.73 Å². The molecule has 5 heteroatoms. The molecule has 1 heterocycles. The zero-order chi connectivity index (χ0) is 14.8. The molecule has 110 valence electrons. The van der Waals surface area contributed by atoms with Crippen molar-refractivity contribution in [3.63, 3.8) is 0 Å². The third-order valence-corrected chi connectivity index (χ3v) is 4.96. The number of hydrogen-bond acceptors (Lipinski definition) is 3. The van der Waals surface area contributed by atoms with Gasteiger partial charge >= 0.3 is 0 Å². The Bertz CT molecular complexity index is 621. The molecule has 3 N–H and O–H groups in total. The minimum Gasteiger partial charge on any atom is -0.356 e. The van der Waals surface area contributed by atoms with Crippen molar-refractivity contribution in [2.24, 2.45) is 5.92 Å². The van der Waals surface area contributed by atoms with E-state index in [0.29, 0.717) is 11.6 Å². The molecule has 1 aliphatic rings. The van der Waals surface area contributed by atoms with E-state index in [1.54, 1.807) is 5.51 Å². The number of rotatable bonds is 5. The summed E-state index contributed by atoms with van der Waals surface area (Å²) in [6.45, 7) is 0.762. The van der Waals surface area contributed by atoms with Crippen molar-refractivity contribution in [3.8, 4) is 10.4 Å². The van der Waals surface area contributed by atoms with E-state index in [0.717, 1.165) is 17.0 Å². The number of likely N-dealkylation sites (N-methyl/N-ethyl adjacent to an activating group) is 1. The minimum absolute atomic E-state index is 0.00986. The number of nitrogens with zero attached hydrogens (tertiary/aromatic N) is 2. The first-order valence-corrected chi connectivity index (χ1v) is 8.15. The number of hydrogen-bond donors (Lipinski definition) is 1. The molecule has 0 spiro atoms. The van der Waals surface area contributed by atoms with Crippen LogP contribution in [-0.4, -0.2) is 35.4 Å². The number of carbonyl (C=O) groups is 1. The normalized spacial score (nSPS) is 15.7. The molecular weight excluding hydrogens is 282 g/mol. The number of amides is 1. The molecule has 2 aromatic rings. The Morgan fingerprint density at radius 3 is 2.76 bits per heavy atom. The Hall–Kier alpha value is -1.72. The second kappa shape index (κ2) is 5.95. The lowest BCUT2D eigenvalue weighted by molar-refractivity contribution is -0.377. The van der Waals surface area contributed by atoms with Gasteiger partial charge in [-0.25, -0.2) is 4.98 Å². The average Bonchev–Trinajstić information content (AvgIpc) is 3.23. The number of carbonyl (C=O) groups excluding carboxylic acids is 1. The van der Waals surface area contributed by atoms with Gasteiger partial charge in [-0.05, 0) is 24.3 Å². The lowest BCUT2D eigenvalue weighted by Crippen LogP contribution is -2.61. The Balaban J connectivity index is 1.87. The third-order valence-electron chi connectivity index (χ3n) is 4.09. The topological polar surface area (TPSA) is 60.8 Å². The lowest BCUT2D eigenvalue weighted by Gasteiger charge is -2.25. The summed E-state index contributed by atoms with van der Waals surface area (Å²) in [6, 6.07) is 10.2. The smallest absolute Gasteiger partial charge is 0.274 e. The van der Waals surface area contributed by atoms with Crippen molar-refractivity contribution >= 4 is 17.2 Å². The second-order valence-electron chi connectivity index (χ2n) is 5.51. The number of thiazole rings is 1. The highest BCUT2D eigenvalue weighted by Crippen LogP contribution is 2.35. The summed E-state index contributed by atoms with van der Waals surface area (Å²) < 4.78 is 0. The Morgan fingerprint density at radius 1 is 1.43 bits per heavy atom. The molecule has 1 amide bonds. The van der Waals surface area contributed by atoms with Gasteiger partial charge in [-0.3, -0.25) is 4.79 Å². The summed E-state index contributed by atoms with van der Waals surface area (Å²) >= 11 is 1.52. The quantitative estimate of drug-likeness (QED) is 0.917. The summed E-state index contributed by atoms with van der Waals surface area (Å²) in [6.07, 6.45) is 2.42. The SMILES string of the molecule is CN(C(=O)c1ncsc1-c1ccccc1)C(C[NH3+])C1CC1. The molecule has 1 aliphatic carbocycles. The zero-order valence-corrected chi connectivity index (χ0v) is 13.0. The lowest BCUT2D eigenvalue weighted by atomic mass is 10.1. The van der Waals surface area contributed by atoms with Gasteiger partial charge in [0.2, 0.25) is 0 Å². The molecule has 1 fully saturated rings. The standard InChI is InChI=1S/C16H19N3OS/c1-19(13(9-17)11-7-8-11)16(20)14-15(21-10-18-14)12-5-3-2-4-6-12/h2-6,10-11,13H,7-9,17H2,1H3/p+1. The zero-order valence-electron chi connectivity index (χ0n) is 12.2. The molecule has 1 saturated carbocycles. The maximum absolute atomic E-state index is 12.8. The number of quaternary nitrogens is 1. The van der Waals surface area contributed by atoms with E-state index < -0.39 is 0 Å². The van der Waals surface area contributed by atoms with E-state index in [4.69, 9.17) is 0 Å². The van der Waals surface area contributed by atoms with Crippen LogP contribution in [0.1, 0.15) is 23.3 Å². The molecule has 1 atom stereocenters. The molecule has 0 saturated heterocycles. The fourth-order valence-electron chi connectivity index (χ4n) is 2.74. The maximum atomic E-state index is 12.8. The summed E-state index contributed by atoms with van der Waals surface area (Å²) in [5, 5.41) is 0. The Morgan fingerprint density at radius 2 is 2.14 bits per heavy atom. The van der Waals surface area contributed by atoms with Gasteiger partial charge < -0.3 is 10.6 Å². The molecule has 0 aliphatic heterocycles. The van der Waals surface area contributed by atoms with Crippen LogP contribution in [0.2, 0.25) is 0 Å². The highest BCUT2D eigenvalue weighted by Gasteiger charge is 2.37. The summed E-state index contributed by atoms with van der Waals surface area (Å²) in [7, 11) is 1.88. The van der Waals surface area contributed by atoms with Crippen LogP contribution in [0.5, 0.6) is 0 Å². The molecule has 4 nitrogen and oxygen atoms in total. The monoisotopic (exact) mass is 302 g/mol. The second-order valence-corrected chi connectivity index (χ2v) is 6.36. The van der Waals surface area contributed by atoms with Crippen LogP contribution in [0.25, 0.3) is 10.4 Å². The van der Waals surface area contributed by atoms with Gasteiger partial charge in [-0.1, -0.05) is 30.3 Å². The highest BCUT2D eigenvalue weighted by atomic mass is 32.1. The van der Waals surface area contributed by atoms with Crippen molar-refractivity contribution < 1.29 is 10.5 Å². The van der Waals surface area contributed by atoms with E-state index >= 15 is 0 Å². The predicted molar refractivity (Wildman–Crippen MR) is 83.9 cm³/mol. The van der Waals surface area contributed by atoms with E-state index in [1.807, 2.05) is 42.3 Å². The molecule has 21 heavy (non-hydrogen) atoms. The Kier molecular flexibility index (Phi) is 4.03. The van der Waals surface area contributed by atoms with E-state index in [9.17, 15) is 4.79 Å². The summed E-state index contributed by atoms with van der Waals surface area (Å²) in [4.78, 5) is 19.9. The van der Waals surface area contributed by atoms with Crippen molar-refractivity contribution in [1.82, 2.24) is 9.88 Å². The molecule has 1 unspecified atom stereocenters. The van der Waals surface area contributed by atoms with E-state index in [-0.39, 0.29) is 11.9 Å². The first-order chi connectivity index (χ1) is 10.2. The van der Waals surface area contributed by atoms with Gasteiger partial charge in [0.05, 0.1) is 23.0 Å². The predicted octanol–water partition coefficient (Wildman–Crippen LogP) is 1.90. The van der Waals surface area contributed by atoms with E-state index in [2.05, 4.69) is 10.7 Å². The van der Waals surface area contributed by atoms with Crippen molar-refractivity contribution in [2.45, 2.75) is 18.9 Å². The number of benzene rings is 1. The first-order valence-electron chi connectivity index (χ1n) is 7.27. The van der Waals surface area contributed by atoms with Crippen LogP contribution in [0.15, 0.2) is 35.8 Å². The van der Waals surface area contributed by atoms with Crippen LogP contribution in [-0.2, 0) is 0 Å². The highest BCUT2D eigenvalue weighted by molar-refractivity contribution is 7.13. The van der Waals surface area contributed by atoms with Crippen LogP contribution in [0, 0.1) is 5.92 Å². The molecule has 1 aromatic carbocycles. The Labute approximate surface area is 128 Å². The van der Waals surface area contributed by atoms with Gasteiger partial charge in [0.15, 0.2) is 0 Å². The summed E-state index contributed by atoms with van der Waals surface area (Å²) in [5.41, 5.74) is 7.36. The van der Waals surface area contributed by atoms with Crippen molar-refractivity contribution in [2.75, 3.05) is 13.6 Å². The molecule has 3 rings (SSSR count). The first kappa shape index (κ1) is 14.2. The van der Waals surface area contributed by atoms with Crippen LogP contribution in [0.3, 0.4) is 0 Å². The van der Waals surface area contributed by atoms with Gasteiger partial charge in [-0.2, -0.15) is 0 Å². The molecular formula is C16H20N3OS+. The number of aromatic nitrogens is 1. The fraction of sp³-hybridized carbons (Fsp3) is 0.375. The van der Waals surface area contributed by atoms with Crippen LogP contribution >= 0.6 is 11.3 Å². The molecule has 0 radical (unpaired) electrons. The maximum Gasteiger partial charge on any atom is 0.274 e. The third kappa shape index (κ3) is 2.84. The van der Waals surface area contributed by atoms with E-state index in [1.165, 1.54) is 24.2 Å². The largest absolute Gasteiger partial charge is 0.356 e. The minimum atomic E-state index is 0.00986. The van der Waals surface area contributed by atoms with Crippen molar-refractivity contribution in [3.05, 3.63) is 41.5 Å². The van der Waals surface area contributed by atoms with Crippen molar-refractivity contribution in [1.29, 1.82) is 0 Å². The van der Waals surface area contributed by atoms with Gasteiger partial charge in [0.1, 0.15) is 5.69 Å². The molecule has 0 bridgehead atoms. The molecule has 1 aromatic heterocycles. The van der Waals surface area contributed by atoms with Gasteiger partial charge in [-0.15, -0.1) is 11.3 Å². The fourth-order valence-corrected chi connectivity index (χ4v) is 3.52. The van der Waals surface area contributed by atoms with Gasteiger partial charge in [0, 0.05) is 7.05 Å². The average molecular weight is 302 g/mol.